The molecule has 20 heavy (non-hydrogen) atoms. The van der Waals surface area contributed by atoms with Gasteiger partial charge in [-0.15, -0.1) is 0 Å². The van der Waals surface area contributed by atoms with Crippen LogP contribution in [0, 0.1) is 5.92 Å². The molecule has 1 aliphatic carbocycles. The molecule has 7 heteroatoms. The minimum atomic E-state index is -4.63. The molecule has 0 radical (unpaired) electrons. The first-order valence-corrected chi connectivity index (χ1v) is 8.67. The van der Waals surface area contributed by atoms with Gasteiger partial charge < -0.3 is 14.2 Å². The van der Waals surface area contributed by atoms with E-state index in [0.717, 1.165) is 0 Å². The molecule has 1 fully saturated rings. The van der Waals surface area contributed by atoms with E-state index in [-0.39, 0.29) is 6.42 Å². The number of halogens is 2. The fourth-order valence-corrected chi connectivity index (χ4v) is 4.59. The second kappa shape index (κ2) is 6.82. The van der Waals surface area contributed by atoms with Gasteiger partial charge in [0.1, 0.15) is 0 Å². The van der Waals surface area contributed by atoms with Crippen LogP contribution in [-0.2, 0) is 13.6 Å². The van der Waals surface area contributed by atoms with E-state index in [2.05, 4.69) is 0 Å². The zero-order valence-electron chi connectivity index (χ0n) is 12.5. The molecular weight excluding hydrogens is 289 g/mol. The summed E-state index contributed by atoms with van der Waals surface area (Å²) < 4.78 is 51.9. The van der Waals surface area contributed by atoms with Gasteiger partial charge in [0, 0.05) is 0 Å². The Kier molecular flexibility index (Phi) is 6.14. The van der Waals surface area contributed by atoms with Gasteiger partial charge in [-0.1, -0.05) is 12.8 Å². The van der Waals surface area contributed by atoms with Crippen molar-refractivity contribution in [1.82, 2.24) is 0 Å². The maximum absolute atomic E-state index is 14.7. The van der Waals surface area contributed by atoms with Gasteiger partial charge in [-0.2, -0.15) is 8.78 Å². The Balaban J connectivity index is 3.05. The third-order valence-electron chi connectivity index (χ3n) is 3.24. The monoisotopic (exact) mass is 314 g/mol. The van der Waals surface area contributed by atoms with Crippen LogP contribution in [0.1, 0.15) is 53.4 Å². The Hall–Kier alpha value is -0.0300. The van der Waals surface area contributed by atoms with E-state index in [0.29, 0.717) is 19.3 Å². The molecule has 0 amide bonds. The largest absolute Gasteiger partial charge is 0.400 e. The molecule has 0 spiro atoms. The van der Waals surface area contributed by atoms with Crippen LogP contribution in [0.4, 0.5) is 8.78 Å². The lowest BCUT2D eigenvalue weighted by atomic mass is 9.87. The molecule has 0 aromatic rings. The van der Waals surface area contributed by atoms with Gasteiger partial charge in [-0.25, -0.2) is 0 Å². The first-order chi connectivity index (χ1) is 9.10. The molecule has 4 nitrogen and oxygen atoms in total. The highest BCUT2D eigenvalue weighted by Crippen LogP contribution is 2.67. The molecule has 0 aromatic carbocycles. The molecule has 1 N–H and O–H groups in total. The van der Waals surface area contributed by atoms with E-state index in [4.69, 9.17) is 9.05 Å². The first kappa shape index (κ1) is 18.0. The quantitative estimate of drug-likeness (QED) is 0.747. The van der Waals surface area contributed by atoms with Crippen LogP contribution in [-0.4, -0.2) is 29.1 Å². The number of rotatable bonds is 6. The second-order valence-corrected chi connectivity index (χ2v) is 7.86. The minimum absolute atomic E-state index is 0.126. The molecule has 2 atom stereocenters. The summed E-state index contributed by atoms with van der Waals surface area (Å²) in [6.45, 7) is 6.13. The maximum atomic E-state index is 14.7. The molecule has 0 saturated heterocycles. The lowest BCUT2D eigenvalue weighted by molar-refractivity contribution is -0.0841. The molecule has 1 rings (SSSR count). The molecule has 0 bridgehead atoms. The Morgan fingerprint density at radius 2 is 1.55 bits per heavy atom. The van der Waals surface area contributed by atoms with E-state index < -0.39 is 37.5 Å². The smallest absolute Gasteiger partial charge is 0.393 e. The zero-order valence-corrected chi connectivity index (χ0v) is 13.4. The Morgan fingerprint density at radius 1 is 1.10 bits per heavy atom. The summed E-state index contributed by atoms with van der Waals surface area (Å²) in [7, 11) is -4.63. The highest BCUT2D eigenvalue weighted by atomic mass is 31.2. The van der Waals surface area contributed by atoms with Crippen molar-refractivity contribution < 1.29 is 27.5 Å². The predicted molar refractivity (Wildman–Crippen MR) is 73.0 cm³/mol. The first-order valence-electron chi connectivity index (χ1n) is 7.13. The number of hydrogen-bond donors (Lipinski definition) is 1. The third kappa shape index (κ3) is 4.00. The highest BCUT2D eigenvalue weighted by molar-refractivity contribution is 7.55. The van der Waals surface area contributed by atoms with Crippen LogP contribution in [0.15, 0.2) is 0 Å². The van der Waals surface area contributed by atoms with Crippen molar-refractivity contribution >= 4 is 7.60 Å². The molecule has 1 aliphatic rings. The number of alkyl halides is 2. The van der Waals surface area contributed by atoms with Gasteiger partial charge >= 0.3 is 13.3 Å². The van der Waals surface area contributed by atoms with E-state index in [1.54, 1.807) is 0 Å². The summed E-state index contributed by atoms with van der Waals surface area (Å²) in [6, 6.07) is 0. The third-order valence-corrected chi connectivity index (χ3v) is 5.70. The van der Waals surface area contributed by atoms with Crippen molar-refractivity contribution in [2.24, 2.45) is 5.92 Å². The Bertz CT molecular complexity index is 346. The van der Waals surface area contributed by atoms with Crippen molar-refractivity contribution in [3.8, 4) is 0 Å². The van der Waals surface area contributed by atoms with Crippen LogP contribution >= 0.6 is 7.60 Å². The fraction of sp³-hybridized carbons (Fsp3) is 1.00. The zero-order chi connectivity index (χ0) is 15.6. The minimum Gasteiger partial charge on any atom is -0.393 e. The van der Waals surface area contributed by atoms with Crippen molar-refractivity contribution in [2.75, 3.05) is 0 Å². The van der Waals surface area contributed by atoms with Gasteiger partial charge in [0.2, 0.25) is 0 Å². The molecule has 0 heterocycles. The fourth-order valence-electron chi connectivity index (χ4n) is 2.44. The predicted octanol–water partition coefficient (Wildman–Crippen LogP) is 4.17. The van der Waals surface area contributed by atoms with Gasteiger partial charge in [-0.3, -0.25) is 4.57 Å². The van der Waals surface area contributed by atoms with Crippen molar-refractivity contribution in [3.63, 3.8) is 0 Å². The number of aliphatic hydroxyl groups is 1. The number of aliphatic hydroxyl groups excluding tert-OH is 1. The Morgan fingerprint density at radius 3 is 1.95 bits per heavy atom. The molecule has 1 saturated carbocycles. The van der Waals surface area contributed by atoms with E-state index in [1.165, 1.54) is 27.7 Å². The standard InChI is InChI=1S/C13H25F2O4P/c1-9(2)18-20(17,19-10(3)4)13(14,15)11-7-5-6-8-12(11)16/h9-12,16H,5-8H2,1-4H3/t11-,12-/m1/s1. The van der Waals surface area contributed by atoms with E-state index in [9.17, 15) is 18.5 Å². The normalized spacial score (nSPS) is 25.4. The Labute approximate surface area is 119 Å². The lowest BCUT2D eigenvalue weighted by Crippen LogP contribution is -2.41. The van der Waals surface area contributed by atoms with Crippen molar-refractivity contribution in [1.29, 1.82) is 0 Å². The van der Waals surface area contributed by atoms with E-state index in [1.807, 2.05) is 0 Å². The van der Waals surface area contributed by atoms with Crippen molar-refractivity contribution in [2.45, 2.75) is 77.4 Å². The highest BCUT2D eigenvalue weighted by Gasteiger charge is 2.61. The summed E-state index contributed by atoms with van der Waals surface area (Å²) in [5, 5.41) is 9.82. The number of hydrogen-bond acceptors (Lipinski definition) is 4. The molecule has 0 aliphatic heterocycles. The summed E-state index contributed by atoms with van der Waals surface area (Å²) >= 11 is 0. The van der Waals surface area contributed by atoms with Gasteiger partial charge in [0.15, 0.2) is 0 Å². The van der Waals surface area contributed by atoms with Gasteiger partial charge in [-0.05, 0) is 40.5 Å². The summed E-state index contributed by atoms with van der Waals surface area (Å²) in [4.78, 5) is 0. The van der Waals surface area contributed by atoms with Crippen LogP contribution in [0.5, 0.6) is 0 Å². The summed E-state index contributed by atoms with van der Waals surface area (Å²) in [5.41, 5.74) is -3.68. The van der Waals surface area contributed by atoms with Crippen LogP contribution in [0.25, 0.3) is 0 Å². The summed E-state index contributed by atoms with van der Waals surface area (Å²) in [6.07, 6.45) is -0.754. The summed E-state index contributed by atoms with van der Waals surface area (Å²) in [5.74, 6) is -1.38. The van der Waals surface area contributed by atoms with Crippen molar-refractivity contribution in [3.05, 3.63) is 0 Å². The lowest BCUT2D eigenvalue weighted by Gasteiger charge is -2.38. The van der Waals surface area contributed by atoms with Gasteiger partial charge in [0.05, 0.1) is 24.2 Å². The van der Waals surface area contributed by atoms with Gasteiger partial charge in [0.25, 0.3) is 0 Å². The average molecular weight is 314 g/mol. The van der Waals surface area contributed by atoms with E-state index >= 15 is 0 Å². The van der Waals surface area contributed by atoms with Crippen LogP contribution in [0.2, 0.25) is 0 Å². The SMILES string of the molecule is CC(C)OP(=O)(OC(C)C)C(F)(F)[C@@H]1CCCC[C@H]1O. The average Bonchev–Trinajstić information content (AvgIpc) is 2.26. The maximum Gasteiger partial charge on any atom is 0.400 e. The second-order valence-electron chi connectivity index (χ2n) is 5.85. The van der Waals surface area contributed by atoms with Crippen LogP contribution in [0.3, 0.4) is 0 Å². The molecule has 0 unspecified atom stereocenters. The molecule has 120 valence electrons. The topological polar surface area (TPSA) is 55.8 Å². The molecular formula is C13H25F2O4P. The van der Waals surface area contributed by atoms with Crippen LogP contribution < -0.4 is 0 Å². The molecule has 0 aromatic heterocycles.